The van der Waals surface area contributed by atoms with Crippen LogP contribution < -0.4 is 27.0 Å². The van der Waals surface area contributed by atoms with Gasteiger partial charge >= 0.3 is 6.03 Å². The summed E-state index contributed by atoms with van der Waals surface area (Å²) in [5, 5.41) is 21.1. The van der Waals surface area contributed by atoms with Crippen LogP contribution in [0.15, 0.2) is 54.6 Å². The lowest BCUT2D eigenvalue weighted by molar-refractivity contribution is -0.131. The fourth-order valence-corrected chi connectivity index (χ4v) is 6.45. The predicted molar refractivity (Wildman–Crippen MR) is 163 cm³/mol. The van der Waals surface area contributed by atoms with E-state index in [4.69, 9.17) is 5.73 Å². The molecule has 2 fully saturated rings. The van der Waals surface area contributed by atoms with Crippen molar-refractivity contribution in [2.75, 3.05) is 56.4 Å². The van der Waals surface area contributed by atoms with E-state index in [1.807, 2.05) is 37.3 Å². The smallest absolute Gasteiger partial charge is 0.319 e. The fourth-order valence-electron chi connectivity index (χ4n) is 4.99. The van der Waals surface area contributed by atoms with Crippen molar-refractivity contribution in [1.82, 2.24) is 20.4 Å². The van der Waals surface area contributed by atoms with E-state index in [-0.39, 0.29) is 18.5 Å². The predicted octanol–water partition coefficient (Wildman–Crippen LogP) is 1.78. The Labute approximate surface area is 245 Å². The van der Waals surface area contributed by atoms with Gasteiger partial charge in [-0.2, -0.15) is 0 Å². The van der Waals surface area contributed by atoms with Crippen molar-refractivity contribution in [3.63, 3.8) is 0 Å². The minimum Gasteiger partial charge on any atom is -0.387 e. The highest BCUT2D eigenvalue weighted by molar-refractivity contribution is 8.01. The van der Waals surface area contributed by atoms with Crippen LogP contribution in [-0.2, 0) is 9.59 Å². The Bertz CT molecular complexity index is 1150. The van der Waals surface area contributed by atoms with Gasteiger partial charge in [0.2, 0.25) is 11.8 Å². The molecular weight excluding hydrogens is 542 g/mol. The highest BCUT2D eigenvalue weighted by Crippen LogP contribution is 2.33. The van der Waals surface area contributed by atoms with Crippen LogP contribution in [0.2, 0.25) is 0 Å². The van der Waals surface area contributed by atoms with Gasteiger partial charge in [0.25, 0.3) is 0 Å². The first-order valence-corrected chi connectivity index (χ1v) is 15.1. The molecule has 11 nitrogen and oxygen atoms in total. The summed E-state index contributed by atoms with van der Waals surface area (Å²) in [6.45, 7) is 6.35. The average Bonchev–Trinajstić information content (AvgIpc) is 3.62. The first kappa shape index (κ1) is 30.6. The molecule has 2 aliphatic rings. The van der Waals surface area contributed by atoms with Crippen LogP contribution in [-0.4, -0.2) is 95.2 Å². The van der Waals surface area contributed by atoms with Crippen molar-refractivity contribution in [3.05, 3.63) is 60.2 Å². The summed E-state index contributed by atoms with van der Waals surface area (Å²) in [5.74, 6) is -0.494. The number of likely N-dealkylation sites (N-methyl/N-ethyl adjacent to an activating group) is 1. The Kier molecular flexibility index (Phi) is 11.3. The van der Waals surface area contributed by atoms with Crippen LogP contribution in [0.25, 0.3) is 0 Å². The Balaban J connectivity index is 1.21. The number of aliphatic hydroxyl groups excluding tert-OH is 1. The molecule has 4 rings (SSSR count). The van der Waals surface area contributed by atoms with E-state index >= 15 is 0 Å². The summed E-state index contributed by atoms with van der Waals surface area (Å²) in [4.78, 5) is 42.0. The number of benzene rings is 2. The maximum atomic E-state index is 13.1. The number of anilines is 2. The fraction of sp³-hybridized carbons (Fsp3) is 0.483. The monoisotopic (exact) mass is 583 g/mol. The van der Waals surface area contributed by atoms with Gasteiger partial charge in [-0.05, 0) is 62.7 Å². The number of hydrogen-bond acceptors (Lipinski definition) is 8. The summed E-state index contributed by atoms with van der Waals surface area (Å²) in [6.07, 6.45) is 1.60. The van der Waals surface area contributed by atoms with Crippen molar-refractivity contribution in [1.29, 1.82) is 0 Å². The molecule has 3 unspecified atom stereocenters. The minimum atomic E-state index is -0.941. The van der Waals surface area contributed by atoms with Crippen molar-refractivity contribution < 1.29 is 19.5 Å². The second kappa shape index (κ2) is 15.1. The maximum absolute atomic E-state index is 13.1. The van der Waals surface area contributed by atoms with Crippen LogP contribution in [0.3, 0.4) is 0 Å². The van der Waals surface area contributed by atoms with E-state index in [0.717, 1.165) is 25.3 Å². The van der Waals surface area contributed by atoms with E-state index in [1.54, 1.807) is 29.2 Å². The lowest BCUT2D eigenvalue weighted by Crippen LogP contribution is -2.53. The summed E-state index contributed by atoms with van der Waals surface area (Å²) >= 11 is 1.36. The van der Waals surface area contributed by atoms with E-state index in [9.17, 15) is 19.5 Å². The lowest BCUT2D eigenvalue weighted by Gasteiger charge is -2.27. The van der Waals surface area contributed by atoms with Gasteiger partial charge in [-0.25, -0.2) is 4.79 Å². The number of urea groups is 1. The number of nitrogens with one attached hydrogen (secondary N) is 4. The largest absolute Gasteiger partial charge is 0.387 e. The van der Waals surface area contributed by atoms with Crippen LogP contribution in [0.1, 0.15) is 31.4 Å². The van der Waals surface area contributed by atoms with E-state index in [0.29, 0.717) is 30.9 Å². The Morgan fingerprint density at radius 2 is 1.73 bits per heavy atom. The van der Waals surface area contributed by atoms with Gasteiger partial charge < -0.3 is 41.9 Å². The molecule has 12 heteroatoms. The number of likely N-dealkylation sites (tertiary alicyclic amines) is 1. The van der Waals surface area contributed by atoms with E-state index < -0.39 is 28.7 Å². The van der Waals surface area contributed by atoms with Crippen molar-refractivity contribution in [2.45, 2.75) is 42.5 Å². The van der Waals surface area contributed by atoms with Gasteiger partial charge in [-0.1, -0.05) is 30.3 Å². The number of carbonyl (C=O) groups excluding carboxylic acids is 3. The lowest BCUT2D eigenvalue weighted by atomic mass is 10.1. The molecule has 2 aromatic rings. The Morgan fingerprint density at radius 1 is 1.05 bits per heavy atom. The van der Waals surface area contributed by atoms with Gasteiger partial charge in [0, 0.05) is 44.1 Å². The first-order valence-electron chi connectivity index (χ1n) is 14.2. The molecule has 0 aliphatic carbocycles. The number of amides is 4. The zero-order valence-corrected chi connectivity index (χ0v) is 24.2. The topological polar surface area (TPSA) is 152 Å². The third-order valence-corrected chi connectivity index (χ3v) is 8.84. The van der Waals surface area contributed by atoms with Crippen LogP contribution in [0, 0.1) is 0 Å². The zero-order valence-electron chi connectivity index (χ0n) is 23.4. The molecule has 0 saturated carbocycles. The average molecular weight is 584 g/mol. The summed E-state index contributed by atoms with van der Waals surface area (Å²) in [5.41, 5.74) is 8.48. The number of hydrogen-bond donors (Lipinski definition) is 6. The van der Waals surface area contributed by atoms with Crippen molar-refractivity contribution >= 4 is 41.0 Å². The molecule has 2 saturated heterocycles. The second-order valence-electron chi connectivity index (χ2n) is 10.2. The number of nitrogens with two attached hydrogens (primary N) is 1. The zero-order chi connectivity index (χ0) is 29.2. The maximum Gasteiger partial charge on any atom is 0.319 e. The summed E-state index contributed by atoms with van der Waals surface area (Å²) < 4.78 is 0. The second-order valence-corrected chi connectivity index (χ2v) is 11.5. The first-order chi connectivity index (χ1) is 19.9. The molecule has 0 bridgehead atoms. The highest BCUT2D eigenvalue weighted by atomic mass is 32.2. The van der Waals surface area contributed by atoms with Crippen LogP contribution in [0.5, 0.6) is 0 Å². The Morgan fingerprint density at radius 3 is 2.41 bits per heavy atom. The van der Waals surface area contributed by atoms with Crippen LogP contribution >= 0.6 is 11.8 Å². The molecule has 2 aromatic carbocycles. The number of carbonyl (C=O) groups is 3. The van der Waals surface area contributed by atoms with Gasteiger partial charge in [0.15, 0.2) is 0 Å². The molecule has 222 valence electrons. The van der Waals surface area contributed by atoms with Crippen molar-refractivity contribution in [2.24, 2.45) is 5.73 Å². The number of nitrogens with zero attached hydrogens (tertiary/aromatic N) is 2. The van der Waals surface area contributed by atoms with Gasteiger partial charge in [-0.15, -0.1) is 11.8 Å². The van der Waals surface area contributed by atoms with Crippen molar-refractivity contribution in [3.8, 4) is 0 Å². The quantitative estimate of drug-likeness (QED) is 0.209. The SMILES string of the molecule is CCN1C(=O)C(CNc2ccc(NC(=O)NCCN3CCCC3)cc2)SC1[C@H](N)C(=O)NCC(O)c1ccccc1. The van der Waals surface area contributed by atoms with Gasteiger partial charge in [-0.3, -0.25) is 9.59 Å². The van der Waals surface area contributed by atoms with Gasteiger partial charge in [0.1, 0.15) is 16.7 Å². The summed E-state index contributed by atoms with van der Waals surface area (Å²) in [7, 11) is 0. The molecule has 7 N–H and O–H groups in total. The molecule has 4 atom stereocenters. The normalized spacial score (nSPS) is 20.5. The molecule has 4 amide bonds. The van der Waals surface area contributed by atoms with Crippen LogP contribution in [0.4, 0.5) is 16.2 Å². The molecule has 0 spiro atoms. The minimum absolute atomic E-state index is 0.0319. The molecule has 41 heavy (non-hydrogen) atoms. The molecule has 2 aliphatic heterocycles. The van der Waals surface area contributed by atoms with E-state index in [1.165, 1.54) is 24.6 Å². The molecule has 0 aromatic heterocycles. The number of aliphatic hydroxyl groups is 1. The summed E-state index contributed by atoms with van der Waals surface area (Å²) in [6, 6.07) is 15.2. The van der Waals surface area contributed by atoms with E-state index in [2.05, 4.69) is 26.2 Å². The third-order valence-electron chi connectivity index (χ3n) is 7.32. The highest BCUT2D eigenvalue weighted by Gasteiger charge is 2.44. The molecule has 2 heterocycles. The Hall–Kier alpha value is -3.32. The number of thioether (sulfide) groups is 1. The molecule has 0 radical (unpaired) electrons. The third kappa shape index (κ3) is 8.59. The standard InChI is InChI=1S/C29H41N7O4S/c1-2-36-27(39)24(41-28(36)25(30)26(38)33-18-23(37)20-8-4-3-5-9-20)19-32-21-10-12-22(13-11-21)34-29(40)31-14-17-35-15-6-7-16-35/h3-5,8-13,23-25,28,32,37H,2,6-7,14-19,30H2,1H3,(H,33,38)(H2,31,34,40)/t23?,24?,25-,28?/m1/s1. The number of rotatable bonds is 13. The van der Waals surface area contributed by atoms with Gasteiger partial charge in [0.05, 0.1) is 6.10 Å². The molecular formula is C29H41N7O4S.